The summed E-state index contributed by atoms with van der Waals surface area (Å²) in [6.45, 7) is 24.1. The molecule has 0 saturated heterocycles. The highest BCUT2D eigenvalue weighted by Gasteiger charge is 2.49. The number of benzene rings is 6. The Balaban J connectivity index is 0.000000539. The number of hydrogen-bond donors (Lipinski definition) is 2. The van der Waals surface area contributed by atoms with E-state index in [4.69, 9.17) is 10.4 Å². The fourth-order valence-corrected chi connectivity index (χ4v) is 10.5. The van der Waals surface area contributed by atoms with Crippen LogP contribution in [0.25, 0.3) is 33.4 Å². The summed E-state index contributed by atoms with van der Waals surface area (Å²) in [6, 6.07) is 49.2. The lowest BCUT2D eigenvalue weighted by Crippen LogP contribution is -2.32. The van der Waals surface area contributed by atoms with Crippen molar-refractivity contribution in [1.82, 2.24) is 0 Å². The van der Waals surface area contributed by atoms with Gasteiger partial charge >= 0.3 is 0 Å². The minimum atomic E-state index is -0.568. The number of nitrogens with two attached hydrogens (primary N) is 1. The van der Waals surface area contributed by atoms with Gasteiger partial charge < -0.3 is 11.1 Å². The van der Waals surface area contributed by atoms with Crippen LogP contribution in [-0.4, -0.2) is 20.0 Å². The van der Waals surface area contributed by atoms with Gasteiger partial charge in [-0.3, -0.25) is 4.99 Å². The van der Waals surface area contributed by atoms with Crippen molar-refractivity contribution in [2.75, 3.05) is 7.05 Å². The first kappa shape index (κ1) is 54.0. The van der Waals surface area contributed by atoms with E-state index in [2.05, 4.69) is 210 Å². The van der Waals surface area contributed by atoms with E-state index >= 15 is 0 Å². The van der Waals surface area contributed by atoms with Crippen LogP contribution in [0.2, 0.25) is 0 Å². The van der Waals surface area contributed by atoms with Crippen LogP contribution in [0.5, 0.6) is 0 Å². The van der Waals surface area contributed by atoms with E-state index in [0.717, 1.165) is 42.4 Å². The standard InChI is InChI=1S/C54H45N.C7H12.2C2H6.CH5N.CH3N/c1-4-6-21-46-43(37(3)5-2)24-15-27-49(46)54(51-28-16-25-45-44-22-11-10-19-41(44)34-48(45)51)50-26-13-12-23-47(50)53-42(20-14-29-52(53)54)36-55-35-38-30-32-40(33-31-38)39-17-8-7-9-18-39;1-7-5-3-2-4-6-7;4*1-2/h4-10,12-20,23-33,36H,2-3,11,21-22,34-35H2,1H3;5H,2-4,6H2,1H3;2*1-2H3;2H2,1H3;2H,1H2/b6-4-,55-36?;;;;;. The van der Waals surface area contributed by atoms with Crippen LogP contribution in [0.15, 0.2) is 199 Å². The van der Waals surface area contributed by atoms with Gasteiger partial charge in [-0.05, 0) is 168 Å². The van der Waals surface area contributed by atoms with Crippen molar-refractivity contribution >= 4 is 24.1 Å². The van der Waals surface area contributed by atoms with Crippen LogP contribution in [0.4, 0.5) is 0 Å². The summed E-state index contributed by atoms with van der Waals surface area (Å²) in [4.78, 5) is 5.10. The molecule has 0 amide bonds. The molecule has 0 aromatic heterocycles. The third kappa shape index (κ3) is 11.4. The molecule has 1 atom stereocenters. The van der Waals surface area contributed by atoms with E-state index in [0.29, 0.717) is 6.54 Å². The summed E-state index contributed by atoms with van der Waals surface area (Å²) in [5, 5.41) is 5.50. The maximum absolute atomic E-state index is 5.50. The van der Waals surface area contributed by atoms with Gasteiger partial charge in [0.1, 0.15) is 0 Å². The van der Waals surface area contributed by atoms with Crippen molar-refractivity contribution in [2.45, 2.75) is 105 Å². The third-order valence-corrected chi connectivity index (χ3v) is 13.5. The van der Waals surface area contributed by atoms with Crippen molar-refractivity contribution in [1.29, 1.82) is 5.41 Å². The lowest BCUT2D eigenvalue weighted by Gasteiger charge is -2.38. The molecule has 6 aromatic carbocycles. The Kier molecular flexibility index (Phi) is 21.1. The summed E-state index contributed by atoms with van der Waals surface area (Å²) >= 11 is 0. The Labute approximate surface area is 422 Å². The molecular weight excluding hydrogens is 847 g/mol. The van der Waals surface area contributed by atoms with Crippen LogP contribution < -0.4 is 5.73 Å². The zero-order valence-electron chi connectivity index (χ0n) is 43.3. The van der Waals surface area contributed by atoms with E-state index in [1.165, 1.54) is 111 Å². The smallest absolute Gasteiger partial charge is 0.0719 e. The Morgan fingerprint density at radius 1 is 0.700 bits per heavy atom. The van der Waals surface area contributed by atoms with Gasteiger partial charge in [0.15, 0.2) is 0 Å². The second kappa shape index (κ2) is 27.3. The molecule has 3 N–H and O–H groups in total. The maximum atomic E-state index is 5.50. The minimum Gasteiger partial charge on any atom is -0.333 e. The highest BCUT2D eigenvalue weighted by Crippen LogP contribution is 2.60. The van der Waals surface area contributed by atoms with Crippen molar-refractivity contribution in [2.24, 2.45) is 10.7 Å². The van der Waals surface area contributed by atoms with Gasteiger partial charge in [-0.15, -0.1) is 0 Å². The quantitative estimate of drug-likeness (QED) is 0.0801. The lowest BCUT2D eigenvalue weighted by molar-refractivity contribution is 0.702. The number of allylic oxidation sites excluding steroid dienone is 10. The first-order valence-corrected chi connectivity index (χ1v) is 25.6. The molecule has 1 unspecified atom stereocenters. The SMILES string of the molecule is C=CC(=C)c1cccc(C2(c3cccc4c3CC3=C4CCC=C3)c3ccccc3-c3c(C=NCc4ccc(-c5ccccc5)cc4)cccc32)c1C/C=C\C.C=N.CC.CC.CC1=CCCCC1.CN. The van der Waals surface area contributed by atoms with Crippen molar-refractivity contribution in [3.05, 3.63) is 250 Å². The fourth-order valence-electron chi connectivity index (χ4n) is 10.5. The van der Waals surface area contributed by atoms with Crippen LogP contribution in [-0.2, 0) is 24.8 Å². The number of rotatable bonds is 10. The summed E-state index contributed by atoms with van der Waals surface area (Å²) in [5.74, 6) is 0. The molecule has 0 heterocycles. The Bertz CT molecular complexity index is 2830. The Morgan fingerprint density at radius 3 is 2.03 bits per heavy atom. The topological polar surface area (TPSA) is 62.2 Å². The predicted molar refractivity (Wildman–Crippen MR) is 309 cm³/mol. The average molecular weight is 924 g/mol. The average Bonchev–Trinajstić information content (AvgIpc) is 3.97. The van der Waals surface area contributed by atoms with Crippen molar-refractivity contribution in [3.8, 4) is 22.3 Å². The van der Waals surface area contributed by atoms with Crippen LogP contribution >= 0.6 is 0 Å². The second-order valence-corrected chi connectivity index (χ2v) is 17.2. The molecule has 0 bridgehead atoms. The monoisotopic (exact) mass is 924 g/mol. The molecule has 3 nitrogen and oxygen atoms in total. The number of nitrogens with one attached hydrogen (secondary N) is 1. The molecule has 3 heteroatoms. The molecule has 6 aromatic rings. The first-order chi connectivity index (χ1) is 34.5. The molecule has 10 rings (SSSR count). The zero-order valence-corrected chi connectivity index (χ0v) is 43.3. The largest absolute Gasteiger partial charge is 0.333 e. The molecule has 4 aliphatic carbocycles. The predicted octanol–water partition coefficient (Wildman–Crippen LogP) is 17.7. The summed E-state index contributed by atoms with van der Waals surface area (Å²) in [5.41, 5.74) is 27.4. The molecule has 0 fully saturated rings. The summed E-state index contributed by atoms with van der Waals surface area (Å²) < 4.78 is 0. The minimum absolute atomic E-state index is 0.568. The molecular formula is C67H77N3. The second-order valence-electron chi connectivity index (χ2n) is 17.2. The van der Waals surface area contributed by atoms with E-state index < -0.39 is 5.41 Å². The summed E-state index contributed by atoms with van der Waals surface area (Å²) in [7, 11) is 1.50. The first-order valence-electron chi connectivity index (χ1n) is 25.6. The van der Waals surface area contributed by atoms with Crippen LogP contribution in [0, 0.1) is 5.41 Å². The van der Waals surface area contributed by atoms with Crippen LogP contribution in [0.3, 0.4) is 0 Å². The molecule has 4 aliphatic rings. The molecule has 70 heavy (non-hydrogen) atoms. The molecule has 0 spiro atoms. The van der Waals surface area contributed by atoms with Gasteiger partial charge in [0.2, 0.25) is 0 Å². The zero-order chi connectivity index (χ0) is 50.5. The lowest BCUT2D eigenvalue weighted by atomic mass is 9.63. The van der Waals surface area contributed by atoms with Gasteiger partial charge in [0, 0.05) is 11.8 Å². The molecule has 0 saturated carbocycles. The van der Waals surface area contributed by atoms with Gasteiger partial charge in [0.05, 0.1) is 12.0 Å². The summed E-state index contributed by atoms with van der Waals surface area (Å²) in [6.07, 6.45) is 25.0. The fraction of sp³-hybridized carbons (Fsp3) is 0.254. The van der Waals surface area contributed by atoms with Crippen molar-refractivity contribution < 1.29 is 0 Å². The van der Waals surface area contributed by atoms with E-state index in [-0.39, 0.29) is 0 Å². The van der Waals surface area contributed by atoms with E-state index in [9.17, 15) is 0 Å². The van der Waals surface area contributed by atoms with Gasteiger partial charge in [-0.2, -0.15) is 0 Å². The third-order valence-electron chi connectivity index (χ3n) is 13.5. The Morgan fingerprint density at radius 2 is 1.34 bits per heavy atom. The van der Waals surface area contributed by atoms with E-state index in [1.54, 1.807) is 5.57 Å². The van der Waals surface area contributed by atoms with Crippen molar-refractivity contribution in [3.63, 3.8) is 0 Å². The van der Waals surface area contributed by atoms with Gasteiger partial charge in [-0.1, -0.05) is 216 Å². The number of nitrogens with zero attached hydrogens (tertiary/aromatic N) is 1. The molecule has 0 aliphatic heterocycles. The normalized spacial score (nSPS) is 15.6. The number of hydrogen-bond acceptors (Lipinski definition) is 3. The molecule has 360 valence electrons. The van der Waals surface area contributed by atoms with E-state index in [1.807, 2.05) is 33.8 Å². The highest BCUT2D eigenvalue weighted by molar-refractivity contribution is 5.99. The van der Waals surface area contributed by atoms with Gasteiger partial charge in [0.25, 0.3) is 0 Å². The number of aliphatic imine (C=N–C) groups is 1. The maximum Gasteiger partial charge on any atom is 0.0719 e. The number of fused-ring (bicyclic) bond motifs is 5. The van der Waals surface area contributed by atoms with Crippen LogP contribution in [0.1, 0.15) is 136 Å². The molecule has 0 radical (unpaired) electrons. The highest BCUT2D eigenvalue weighted by atomic mass is 14.7. The van der Waals surface area contributed by atoms with Gasteiger partial charge in [-0.25, -0.2) is 0 Å². The Hall–Kier alpha value is -6.94.